The van der Waals surface area contributed by atoms with E-state index in [4.69, 9.17) is 16.2 Å². The smallest absolute Gasteiger partial charge is 0.348 e. The number of amides is 3. The van der Waals surface area contributed by atoms with Crippen LogP contribution in [-0.4, -0.2) is 41.7 Å². The highest BCUT2D eigenvalue weighted by molar-refractivity contribution is 6.12. The Morgan fingerprint density at radius 3 is 2.40 bits per heavy atom. The number of fused-ring (bicyclic) bond motifs is 1. The molecule has 0 saturated carbocycles. The Labute approximate surface area is 172 Å². The molecule has 0 saturated heterocycles. The lowest BCUT2D eigenvalue weighted by Crippen LogP contribution is -2.26. The largest absolute Gasteiger partial charge is 0.390 e. The fourth-order valence-electron chi connectivity index (χ4n) is 3.26. The van der Waals surface area contributed by atoms with Crippen LogP contribution >= 0.6 is 0 Å². The number of nitrogens with zero attached hydrogens (tertiary/aromatic N) is 2. The summed E-state index contributed by atoms with van der Waals surface area (Å²) in [6.45, 7) is -0.0200. The molecule has 0 fully saturated rings. The summed E-state index contributed by atoms with van der Waals surface area (Å²) >= 11 is 0. The van der Waals surface area contributed by atoms with E-state index in [1.54, 1.807) is 36.4 Å². The number of anilines is 2. The van der Waals surface area contributed by atoms with Gasteiger partial charge in [-0.1, -0.05) is 18.2 Å². The standard InChI is InChI=1S/C22H19N5O3/c23-20(24)16-2-1-15-10-17(6-3-14(15)9-16)25-21(29)13-4-7-19(8-5-13)27-11-18(12-28)26-22(27)30/h1-10,28H,11-12H2,(H3,23,24)(H,25,29). The first-order valence-corrected chi connectivity index (χ1v) is 9.23. The molecule has 0 radical (unpaired) electrons. The number of aliphatic imine (C=N–C) groups is 1. The van der Waals surface area contributed by atoms with Crippen LogP contribution in [0.3, 0.4) is 0 Å². The van der Waals surface area contributed by atoms with E-state index in [9.17, 15) is 9.59 Å². The van der Waals surface area contributed by atoms with Crippen LogP contribution in [0.15, 0.2) is 65.7 Å². The number of rotatable bonds is 5. The number of carbonyl (C=O) groups is 2. The van der Waals surface area contributed by atoms with E-state index in [1.165, 1.54) is 4.90 Å². The number of urea groups is 1. The maximum atomic E-state index is 12.6. The number of nitrogens with two attached hydrogens (primary N) is 1. The van der Waals surface area contributed by atoms with Crippen LogP contribution in [0.5, 0.6) is 0 Å². The van der Waals surface area contributed by atoms with Crippen molar-refractivity contribution in [3.05, 3.63) is 71.8 Å². The van der Waals surface area contributed by atoms with E-state index in [-0.39, 0.29) is 24.9 Å². The molecule has 0 atom stereocenters. The minimum Gasteiger partial charge on any atom is -0.390 e. The van der Waals surface area contributed by atoms with E-state index in [0.717, 1.165) is 10.8 Å². The minimum absolute atomic E-state index is 0.00695. The van der Waals surface area contributed by atoms with Gasteiger partial charge < -0.3 is 16.2 Å². The fourth-order valence-corrected chi connectivity index (χ4v) is 3.26. The Morgan fingerprint density at radius 1 is 1.07 bits per heavy atom. The number of nitrogen functional groups attached to an aromatic ring is 1. The predicted molar refractivity (Wildman–Crippen MR) is 117 cm³/mol. The topological polar surface area (TPSA) is 132 Å². The number of aliphatic hydroxyl groups is 1. The third-order valence-corrected chi connectivity index (χ3v) is 4.86. The Morgan fingerprint density at radius 2 is 1.73 bits per heavy atom. The van der Waals surface area contributed by atoms with Crippen molar-refractivity contribution in [1.82, 2.24) is 0 Å². The van der Waals surface area contributed by atoms with E-state index in [0.29, 0.717) is 28.2 Å². The van der Waals surface area contributed by atoms with Gasteiger partial charge in [-0.2, -0.15) is 4.99 Å². The Hall–Kier alpha value is -4.04. The lowest BCUT2D eigenvalue weighted by atomic mass is 10.1. The quantitative estimate of drug-likeness (QED) is 0.386. The van der Waals surface area contributed by atoms with Crippen LogP contribution in [0, 0.1) is 5.41 Å². The van der Waals surface area contributed by atoms with E-state index < -0.39 is 6.03 Å². The maximum absolute atomic E-state index is 12.6. The molecule has 3 aromatic carbocycles. The summed E-state index contributed by atoms with van der Waals surface area (Å²) in [5.74, 6) is -0.270. The molecule has 1 aliphatic heterocycles. The number of hydrogen-bond donors (Lipinski definition) is 4. The molecule has 0 aliphatic carbocycles. The average Bonchev–Trinajstić information content (AvgIpc) is 3.14. The second kappa shape index (κ2) is 7.76. The minimum atomic E-state index is -0.430. The van der Waals surface area contributed by atoms with Gasteiger partial charge in [0.15, 0.2) is 0 Å². The van der Waals surface area contributed by atoms with Gasteiger partial charge >= 0.3 is 6.03 Å². The Bertz CT molecular complexity index is 1200. The highest BCUT2D eigenvalue weighted by Gasteiger charge is 2.24. The zero-order valence-corrected chi connectivity index (χ0v) is 15.9. The normalized spacial score (nSPS) is 13.4. The lowest BCUT2D eigenvalue weighted by molar-refractivity contribution is 0.102. The molecule has 0 aromatic heterocycles. The molecule has 30 heavy (non-hydrogen) atoms. The first kappa shape index (κ1) is 19.3. The molecular formula is C22H19N5O3. The summed E-state index contributed by atoms with van der Waals surface area (Å²) < 4.78 is 0. The molecule has 5 N–H and O–H groups in total. The summed E-state index contributed by atoms with van der Waals surface area (Å²) in [4.78, 5) is 29.7. The van der Waals surface area contributed by atoms with Gasteiger partial charge in [0.25, 0.3) is 5.91 Å². The highest BCUT2D eigenvalue weighted by atomic mass is 16.3. The van der Waals surface area contributed by atoms with Crippen molar-refractivity contribution in [2.24, 2.45) is 10.7 Å². The molecule has 1 aliphatic rings. The number of carbonyl (C=O) groups excluding carboxylic acids is 2. The van der Waals surface area contributed by atoms with Gasteiger partial charge in [-0.25, -0.2) is 4.79 Å². The van der Waals surface area contributed by atoms with Crippen molar-refractivity contribution in [3.8, 4) is 0 Å². The van der Waals surface area contributed by atoms with Crippen molar-refractivity contribution in [2.45, 2.75) is 0 Å². The van der Waals surface area contributed by atoms with Gasteiger partial charge in [-0.15, -0.1) is 0 Å². The molecule has 8 heteroatoms. The maximum Gasteiger partial charge on any atom is 0.348 e. The zero-order chi connectivity index (χ0) is 21.3. The summed E-state index contributed by atoms with van der Waals surface area (Å²) in [6.07, 6.45) is 0. The first-order valence-electron chi connectivity index (χ1n) is 9.23. The fraction of sp³-hybridized carbons (Fsp3) is 0.0909. The molecule has 0 unspecified atom stereocenters. The second-order valence-corrected chi connectivity index (χ2v) is 6.90. The number of nitrogens with one attached hydrogen (secondary N) is 2. The number of hydrogen-bond acceptors (Lipinski definition) is 4. The van der Waals surface area contributed by atoms with Crippen molar-refractivity contribution < 1.29 is 14.7 Å². The Balaban J connectivity index is 1.48. The van der Waals surface area contributed by atoms with Crippen LogP contribution in [0.2, 0.25) is 0 Å². The predicted octanol–water partition coefficient (Wildman–Crippen LogP) is 2.75. The van der Waals surface area contributed by atoms with Crippen LogP contribution < -0.4 is 16.0 Å². The molecule has 0 bridgehead atoms. The SMILES string of the molecule is N=C(N)c1ccc2cc(NC(=O)c3ccc(N4CC(CO)=NC4=O)cc3)ccc2c1. The van der Waals surface area contributed by atoms with Gasteiger partial charge in [0.05, 0.1) is 18.9 Å². The van der Waals surface area contributed by atoms with Crippen molar-refractivity contribution in [1.29, 1.82) is 5.41 Å². The van der Waals surface area contributed by atoms with Crippen molar-refractivity contribution >= 4 is 45.6 Å². The Kier molecular flexibility index (Phi) is 4.99. The highest BCUT2D eigenvalue weighted by Crippen LogP contribution is 2.23. The molecule has 4 rings (SSSR count). The van der Waals surface area contributed by atoms with E-state index >= 15 is 0 Å². The van der Waals surface area contributed by atoms with Crippen LogP contribution in [0.1, 0.15) is 15.9 Å². The van der Waals surface area contributed by atoms with Crippen molar-refractivity contribution in [2.75, 3.05) is 23.4 Å². The van der Waals surface area contributed by atoms with Gasteiger partial charge in [0, 0.05) is 22.5 Å². The molecule has 1 heterocycles. The summed E-state index contributed by atoms with van der Waals surface area (Å²) in [5, 5.41) is 21.4. The summed E-state index contributed by atoms with van der Waals surface area (Å²) in [6, 6.07) is 17.1. The van der Waals surface area contributed by atoms with Crippen molar-refractivity contribution in [3.63, 3.8) is 0 Å². The first-order chi connectivity index (χ1) is 14.4. The molecule has 0 spiro atoms. The van der Waals surface area contributed by atoms with Gasteiger partial charge in [0.2, 0.25) is 0 Å². The van der Waals surface area contributed by atoms with Gasteiger partial charge in [-0.05, 0) is 53.2 Å². The molecule has 3 amide bonds. The average molecular weight is 401 g/mol. The number of aliphatic hydroxyl groups excluding tert-OH is 1. The zero-order valence-electron chi connectivity index (χ0n) is 15.9. The molecule has 8 nitrogen and oxygen atoms in total. The summed E-state index contributed by atoms with van der Waals surface area (Å²) in [5.41, 5.74) is 8.27. The van der Waals surface area contributed by atoms with Crippen LogP contribution in [-0.2, 0) is 0 Å². The molecule has 3 aromatic rings. The van der Waals surface area contributed by atoms with E-state index in [2.05, 4.69) is 10.3 Å². The third kappa shape index (κ3) is 3.76. The second-order valence-electron chi connectivity index (χ2n) is 6.90. The van der Waals surface area contributed by atoms with Crippen LogP contribution in [0.4, 0.5) is 16.2 Å². The van der Waals surface area contributed by atoms with Gasteiger partial charge in [0.1, 0.15) is 5.84 Å². The monoisotopic (exact) mass is 401 g/mol. The summed E-state index contributed by atoms with van der Waals surface area (Å²) in [7, 11) is 0. The number of amidine groups is 1. The van der Waals surface area contributed by atoms with Gasteiger partial charge in [-0.3, -0.25) is 15.1 Å². The molecular weight excluding hydrogens is 382 g/mol. The number of benzene rings is 3. The third-order valence-electron chi connectivity index (χ3n) is 4.86. The van der Waals surface area contributed by atoms with E-state index in [1.807, 2.05) is 24.3 Å². The van der Waals surface area contributed by atoms with Crippen LogP contribution in [0.25, 0.3) is 10.8 Å². The molecule has 150 valence electrons. The lowest BCUT2D eigenvalue weighted by Gasteiger charge is -2.15.